The van der Waals surface area contributed by atoms with Gasteiger partial charge in [0.05, 0.1) is 28.6 Å². The molecule has 0 saturated heterocycles. The number of para-hydroxylation sites is 1. The molecule has 1 aromatic carbocycles. The van der Waals surface area contributed by atoms with E-state index in [0.717, 1.165) is 27.3 Å². The number of rotatable bonds is 5. The summed E-state index contributed by atoms with van der Waals surface area (Å²) in [4.78, 5) is 13.2. The Morgan fingerprint density at radius 2 is 2.04 bits per heavy atom. The van der Waals surface area contributed by atoms with Gasteiger partial charge in [0.2, 0.25) is 0 Å². The minimum Gasteiger partial charge on any atom is -0.334 e. The van der Waals surface area contributed by atoms with Crippen LogP contribution in [0.5, 0.6) is 0 Å². The summed E-state index contributed by atoms with van der Waals surface area (Å²) >= 11 is 3.13. The van der Waals surface area contributed by atoms with E-state index >= 15 is 0 Å². The highest BCUT2D eigenvalue weighted by molar-refractivity contribution is 7.98. The first-order chi connectivity index (χ1) is 13.4. The van der Waals surface area contributed by atoms with Gasteiger partial charge < -0.3 is 4.52 Å². The summed E-state index contributed by atoms with van der Waals surface area (Å²) in [7, 11) is 0. The SMILES string of the molecule is c1ccc(-n2ncc3c(SCc4noc(-c5ccsc5)n4)ncnc32)cc1. The highest BCUT2D eigenvalue weighted by Crippen LogP contribution is 2.28. The molecule has 0 aliphatic carbocycles. The molecule has 0 radical (unpaired) electrons. The maximum Gasteiger partial charge on any atom is 0.258 e. The van der Waals surface area contributed by atoms with E-state index in [-0.39, 0.29) is 0 Å². The summed E-state index contributed by atoms with van der Waals surface area (Å²) in [5.74, 6) is 1.72. The van der Waals surface area contributed by atoms with Gasteiger partial charge in [-0.3, -0.25) is 0 Å². The molecule has 0 bridgehead atoms. The van der Waals surface area contributed by atoms with E-state index in [1.807, 2.05) is 51.8 Å². The molecule has 132 valence electrons. The third-order valence-corrected chi connectivity index (χ3v) is 5.59. The first kappa shape index (κ1) is 16.2. The van der Waals surface area contributed by atoms with Crippen LogP contribution in [0.1, 0.15) is 5.82 Å². The molecule has 27 heavy (non-hydrogen) atoms. The predicted octanol–water partition coefficient (Wildman–Crippen LogP) is 4.22. The van der Waals surface area contributed by atoms with Crippen molar-refractivity contribution in [2.45, 2.75) is 10.8 Å². The van der Waals surface area contributed by atoms with Crippen LogP contribution in [0.4, 0.5) is 0 Å². The monoisotopic (exact) mass is 392 g/mol. The fourth-order valence-electron chi connectivity index (χ4n) is 2.64. The second kappa shape index (κ2) is 6.93. The van der Waals surface area contributed by atoms with Crippen LogP contribution in [0.3, 0.4) is 0 Å². The van der Waals surface area contributed by atoms with Gasteiger partial charge in [0, 0.05) is 5.38 Å². The second-order valence-electron chi connectivity index (χ2n) is 5.62. The number of benzene rings is 1. The van der Waals surface area contributed by atoms with Crippen molar-refractivity contribution in [2.75, 3.05) is 0 Å². The highest BCUT2D eigenvalue weighted by Gasteiger charge is 2.14. The summed E-state index contributed by atoms with van der Waals surface area (Å²) in [6.45, 7) is 0. The van der Waals surface area contributed by atoms with Crippen LogP contribution in [0.15, 0.2) is 69.2 Å². The maximum absolute atomic E-state index is 5.33. The van der Waals surface area contributed by atoms with Gasteiger partial charge in [-0.05, 0) is 23.6 Å². The zero-order chi connectivity index (χ0) is 18.1. The van der Waals surface area contributed by atoms with Crippen molar-refractivity contribution < 1.29 is 4.52 Å². The molecule has 0 spiro atoms. The molecule has 4 heterocycles. The summed E-state index contributed by atoms with van der Waals surface area (Å²) in [5.41, 5.74) is 2.67. The van der Waals surface area contributed by atoms with Gasteiger partial charge in [-0.1, -0.05) is 35.1 Å². The molecule has 9 heteroatoms. The van der Waals surface area contributed by atoms with Crippen molar-refractivity contribution in [1.29, 1.82) is 0 Å². The zero-order valence-corrected chi connectivity index (χ0v) is 15.5. The number of aromatic nitrogens is 6. The van der Waals surface area contributed by atoms with Crippen LogP contribution in [-0.2, 0) is 5.75 Å². The van der Waals surface area contributed by atoms with E-state index in [1.54, 1.807) is 23.9 Å². The summed E-state index contributed by atoms with van der Waals surface area (Å²) in [6.07, 6.45) is 3.34. The molecule has 7 nitrogen and oxygen atoms in total. The van der Waals surface area contributed by atoms with Gasteiger partial charge in [-0.25, -0.2) is 14.6 Å². The molecule has 0 saturated carbocycles. The van der Waals surface area contributed by atoms with Crippen molar-refractivity contribution in [2.24, 2.45) is 0 Å². The van der Waals surface area contributed by atoms with Crippen molar-refractivity contribution in [3.8, 4) is 17.1 Å². The number of thioether (sulfide) groups is 1. The van der Waals surface area contributed by atoms with Crippen LogP contribution in [0.25, 0.3) is 28.2 Å². The minimum atomic E-state index is 0.539. The standard InChI is InChI=1S/C18H12N6OS2/c1-2-4-13(5-3-1)24-16-14(8-21-24)18(20-11-19-16)27-10-15-22-17(25-23-15)12-6-7-26-9-12/h1-9,11H,10H2. The van der Waals surface area contributed by atoms with Crippen LogP contribution in [0, 0.1) is 0 Å². The molecule has 0 unspecified atom stereocenters. The lowest BCUT2D eigenvalue weighted by Crippen LogP contribution is -1.97. The van der Waals surface area contributed by atoms with Gasteiger partial charge in [0.25, 0.3) is 5.89 Å². The molecule has 5 aromatic rings. The van der Waals surface area contributed by atoms with Crippen LogP contribution >= 0.6 is 23.1 Å². The molecular formula is C18H12N6OS2. The Labute approximate surface area is 162 Å². The third kappa shape index (κ3) is 3.11. The molecule has 0 aliphatic rings. The lowest BCUT2D eigenvalue weighted by molar-refractivity contribution is 0.425. The lowest BCUT2D eigenvalue weighted by Gasteiger charge is -2.03. The molecule has 5 rings (SSSR count). The van der Waals surface area contributed by atoms with Gasteiger partial charge in [0.15, 0.2) is 11.5 Å². The van der Waals surface area contributed by atoms with Crippen molar-refractivity contribution >= 4 is 34.1 Å². The van der Waals surface area contributed by atoms with E-state index < -0.39 is 0 Å². The summed E-state index contributed by atoms with van der Waals surface area (Å²) < 4.78 is 7.14. The Morgan fingerprint density at radius 1 is 1.11 bits per heavy atom. The van der Waals surface area contributed by atoms with E-state index in [1.165, 1.54) is 11.8 Å². The molecule has 0 atom stereocenters. The van der Waals surface area contributed by atoms with Gasteiger partial charge in [-0.2, -0.15) is 21.4 Å². The first-order valence-corrected chi connectivity index (χ1v) is 10.0. The Morgan fingerprint density at radius 3 is 2.89 bits per heavy atom. The van der Waals surface area contributed by atoms with Gasteiger partial charge >= 0.3 is 0 Å². The average molecular weight is 392 g/mol. The lowest BCUT2D eigenvalue weighted by atomic mass is 10.3. The second-order valence-corrected chi connectivity index (χ2v) is 7.37. The Bertz CT molecular complexity index is 1180. The Balaban J connectivity index is 1.40. The summed E-state index contributed by atoms with van der Waals surface area (Å²) in [6, 6.07) is 11.9. The van der Waals surface area contributed by atoms with Crippen LogP contribution < -0.4 is 0 Å². The third-order valence-electron chi connectivity index (χ3n) is 3.90. The molecule has 0 aliphatic heterocycles. The summed E-state index contributed by atoms with van der Waals surface area (Å²) in [5, 5.41) is 14.2. The van der Waals surface area contributed by atoms with E-state index in [2.05, 4.69) is 25.2 Å². The predicted molar refractivity (Wildman–Crippen MR) is 104 cm³/mol. The largest absolute Gasteiger partial charge is 0.334 e. The molecule has 0 N–H and O–H groups in total. The highest BCUT2D eigenvalue weighted by atomic mass is 32.2. The number of nitrogens with zero attached hydrogens (tertiary/aromatic N) is 6. The zero-order valence-electron chi connectivity index (χ0n) is 13.9. The molecule has 4 aromatic heterocycles. The number of hydrogen-bond donors (Lipinski definition) is 0. The van der Waals surface area contributed by atoms with Crippen LogP contribution in [0.2, 0.25) is 0 Å². The fourth-order valence-corrected chi connectivity index (χ4v) is 4.08. The minimum absolute atomic E-state index is 0.539. The quantitative estimate of drug-likeness (QED) is 0.327. The van der Waals surface area contributed by atoms with E-state index in [9.17, 15) is 0 Å². The van der Waals surface area contributed by atoms with Crippen LogP contribution in [-0.4, -0.2) is 29.9 Å². The van der Waals surface area contributed by atoms with Crippen molar-refractivity contribution in [3.63, 3.8) is 0 Å². The Kier molecular flexibility index (Phi) is 4.15. The average Bonchev–Trinajstić information content (AvgIpc) is 3.47. The van der Waals surface area contributed by atoms with Crippen molar-refractivity contribution in [1.82, 2.24) is 29.9 Å². The molecular weight excluding hydrogens is 380 g/mol. The van der Waals surface area contributed by atoms with Gasteiger partial charge in [-0.15, -0.1) is 0 Å². The van der Waals surface area contributed by atoms with Gasteiger partial charge in [0.1, 0.15) is 11.4 Å². The smallest absolute Gasteiger partial charge is 0.258 e. The first-order valence-electron chi connectivity index (χ1n) is 8.10. The maximum atomic E-state index is 5.33. The van der Waals surface area contributed by atoms with Crippen molar-refractivity contribution in [3.05, 3.63) is 65.5 Å². The fraction of sp³-hybridized carbons (Fsp3) is 0.0556. The normalized spacial score (nSPS) is 11.3. The molecule has 0 fully saturated rings. The topological polar surface area (TPSA) is 82.5 Å². The number of fused-ring (bicyclic) bond motifs is 1. The Hall–Kier alpha value is -3.04. The van der Waals surface area contributed by atoms with E-state index in [4.69, 9.17) is 4.52 Å². The number of hydrogen-bond acceptors (Lipinski definition) is 8. The number of thiophene rings is 1. The molecule has 0 amide bonds. The van der Waals surface area contributed by atoms with E-state index in [0.29, 0.717) is 17.5 Å².